The van der Waals surface area contributed by atoms with E-state index in [1.165, 1.54) is 18.5 Å². The molecular weight excluding hydrogens is 436 g/mol. The van der Waals surface area contributed by atoms with Crippen LogP contribution in [0.4, 0.5) is 11.4 Å². The highest BCUT2D eigenvalue weighted by Gasteiger charge is 2.21. The van der Waals surface area contributed by atoms with Gasteiger partial charge in [0.1, 0.15) is 5.75 Å². The number of nitrogens with one attached hydrogen (secondary N) is 1. The highest BCUT2D eigenvalue weighted by molar-refractivity contribution is 7.92. The maximum absolute atomic E-state index is 12.8. The van der Waals surface area contributed by atoms with Gasteiger partial charge in [-0.1, -0.05) is 41.4 Å². The van der Waals surface area contributed by atoms with Crippen LogP contribution in [0.2, 0.25) is 5.02 Å². The molecular formula is C23H23ClN2O4S. The number of aryl methyl sites for hydroxylation is 1. The van der Waals surface area contributed by atoms with Crippen LogP contribution in [0, 0.1) is 6.92 Å². The highest BCUT2D eigenvalue weighted by atomic mass is 35.5. The maximum Gasteiger partial charge on any atom is 0.264 e. The van der Waals surface area contributed by atoms with E-state index in [1.54, 1.807) is 66.7 Å². The Bertz CT molecular complexity index is 1180. The molecule has 0 radical (unpaired) electrons. The van der Waals surface area contributed by atoms with Crippen LogP contribution in [0.25, 0.3) is 0 Å². The fourth-order valence-electron chi connectivity index (χ4n) is 2.99. The van der Waals surface area contributed by atoms with Gasteiger partial charge in [-0.05, 0) is 55.0 Å². The van der Waals surface area contributed by atoms with Crippen LogP contribution < -0.4 is 14.4 Å². The molecule has 0 saturated heterocycles. The number of anilines is 2. The molecule has 1 amide bonds. The van der Waals surface area contributed by atoms with Crippen molar-refractivity contribution >= 4 is 38.9 Å². The second kappa shape index (κ2) is 9.41. The normalized spacial score (nSPS) is 11.1. The molecule has 0 atom stereocenters. The summed E-state index contributed by atoms with van der Waals surface area (Å²) in [6.45, 7) is 1.90. The summed E-state index contributed by atoms with van der Waals surface area (Å²) < 4.78 is 32.1. The summed E-state index contributed by atoms with van der Waals surface area (Å²) >= 11 is 5.99. The van der Waals surface area contributed by atoms with Gasteiger partial charge in [0.25, 0.3) is 10.0 Å². The van der Waals surface area contributed by atoms with E-state index in [9.17, 15) is 13.2 Å². The van der Waals surface area contributed by atoms with Gasteiger partial charge in [0.2, 0.25) is 5.91 Å². The molecule has 0 aliphatic carbocycles. The molecule has 0 fully saturated rings. The van der Waals surface area contributed by atoms with Crippen LogP contribution in [0.15, 0.2) is 71.6 Å². The molecule has 3 aromatic carbocycles. The first-order chi connectivity index (χ1) is 14.7. The van der Waals surface area contributed by atoms with Gasteiger partial charge >= 0.3 is 0 Å². The van der Waals surface area contributed by atoms with Crippen LogP contribution in [-0.4, -0.2) is 28.5 Å². The number of halogens is 1. The van der Waals surface area contributed by atoms with E-state index >= 15 is 0 Å². The topological polar surface area (TPSA) is 75.7 Å². The standard InChI is InChI=1S/C23H23ClN2O4S/c1-16-4-11-20(12-5-16)31(28,29)26(2)19-9-6-17(7-10-19)14-23(27)25-21-15-18(24)8-13-22(21)30-3/h4-13,15H,14H2,1-3H3,(H,25,27). The zero-order chi connectivity index (χ0) is 22.6. The molecule has 1 N–H and O–H groups in total. The summed E-state index contributed by atoms with van der Waals surface area (Å²) in [7, 11) is -0.655. The number of hydrogen-bond acceptors (Lipinski definition) is 4. The third-order valence-electron chi connectivity index (χ3n) is 4.78. The van der Waals surface area contributed by atoms with E-state index in [0.717, 1.165) is 11.1 Å². The smallest absolute Gasteiger partial charge is 0.264 e. The molecule has 3 aromatic rings. The van der Waals surface area contributed by atoms with Crippen molar-refractivity contribution in [3.05, 3.63) is 82.9 Å². The lowest BCUT2D eigenvalue weighted by Crippen LogP contribution is -2.26. The number of ether oxygens (including phenoxy) is 1. The molecule has 0 aromatic heterocycles. The van der Waals surface area contributed by atoms with Gasteiger partial charge in [0, 0.05) is 12.1 Å². The van der Waals surface area contributed by atoms with E-state index < -0.39 is 10.0 Å². The molecule has 0 aliphatic heterocycles. The second-order valence-electron chi connectivity index (χ2n) is 7.02. The number of rotatable bonds is 7. The molecule has 8 heteroatoms. The van der Waals surface area contributed by atoms with E-state index in [2.05, 4.69) is 5.32 Å². The molecule has 0 spiro atoms. The van der Waals surface area contributed by atoms with Crippen LogP contribution in [0.5, 0.6) is 5.75 Å². The molecule has 0 saturated carbocycles. The van der Waals surface area contributed by atoms with Crippen molar-refractivity contribution in [2.24, 2.45) is 0 Å². The van der Waals surface area contributed by atoms with E-state index in [-0.39, 0.29) is 17.2 Å². The van der Waals surface area contributed by atoms with Crippen molar-refractivity contribution in [3.8, 4) is 5.75 Å². The van der Waals surface area contributed by atoms with E-state index in [4.69, 9.17) is 16.3 Å². The predicted molar refractivity (Wildman–Crippen MR) is 124 cm³/mol. The van der Waals surface area contributed by atoms with E-state index in [1.807, 2.05) is 6.92 Å². The Hall–Kier alpha value is -3.03. The Labute approximate surface area is 187 Å². The molecule has 0 aliphatic rings. The summed E-state index contributed by atoms with van der Waals surface area (Å²) in [6.07, 6.45) is 0.115. The number of sulfonamides is 1. The molecule has 0 heterocycles. The Morgan fingerprint density at radius 2 is 1.68 bits per heavy atom. The molecule has 162 valence electrons. The first kappa shape index (κ1) is 22.7. The molecule has 31 heavy (non-hydrogen) atoms. The monoisotopic (exact) mass is 458 g/mol. The zero-order valence-electron chi connectivity index (χ0n) is 17.4. The molecule has 6 nitrogen and oxygen atoms in total. The fraction of sp³-hybridized carbons (Fsp3) is 0.174. The lowest BCUT2D eigenvalue weighted by atomic mass is 10.1. The Morgan fingerprint density at radius 3 is 2.29 bits per heavy atom. The van der Waals surface area contributed by atoms with Crippen molar-refractivity contribution in [1.82, 2.24) is 0 Å². The van der Waals surface area contributed by atoms with Crippen molar-refractivity contribution in [1.29, 1.82) is 0 Å². The van der Waals surface area contributed by atoms with Crippen molar-refractivity contribution in [2.75, 3.05) is 23.8 Å². The van der Waals surface area contributed by atoms with Gasteiger partial charge in [-0.2, -0.15) is 0 Å². The SMILES string of the molecule is COc1ccc(Cl)cc1NC(=O)Cc1ccc(N(C)S(=O)(=O)c2ccc(C)cc2)cc1. The average molecular weight is 459 g/mol. The van der Waals surface area contributed by atoms with Crippen molar-refractivity contribution in [2.45, 2.75) is 18.2 Å². The maximum atomic E-state index is 12.8. The Balaban J connectivity index is 1.70. The van der Waals surface area contributed by atoms with Crippen molar-refractivity contribution < 1.29 is 17.9 Å². The van der Waals surface area contributed by atoms with Gasteiger partial charge in [0.15, 0.2) is 0 Å². The predicted octanol–water partition coefficient (Wildman–Crippen LogP) is 4.66. The number of methoxy groups -OCH3 is 1. The average Bonchev–Trinajstić information content (AvgIpc) is 2.74. The first-order valence-electron chi connectivity index (χ1n) is 9.48. The Kier molecular flexibility index (Phi) is 6.87. The minimum absolute atomic E-state index is 0.115. The second-order valence-corrected chi connectivity index (χ2v) is 9.43. The number of amides is 1. The van der Waals surface area contributed by atoms with Gasteiger partial charge < -0.3 is 10.1 Å². The fourth-order valence-corrected chi connectivity index (χ4v) is 4.36. The Morgan fingerprint density at radius 1 is 1.03 bits per heavy atom. The number of carbonyl (C=O) groups excluding carboxylic acids is 1. The summed E-state index contributed by atoms with van der Waals surface area (Å²) in [6, 6.07) is 18.5. The zero-order valence-corrected chi connectivity index (χ0v) is 19.0. The summed E-state index contributed by atoms with van der Waals surface area (Å²) in [5.41, 5.74) is 2.71. The first-order valence-corrected chi connectivity index (χ1v) is 11.3. The van der Waals surface area contributed by atoms with Crippen LogP contribution in [0.1, 0.15) is 11.1 Å². The number of nitrogens with zero attached hydrogens (tertiary/aromatic N) is 1. The summed E-state index contributed by atoms with van der Waals surface area (Å²) in [4.78, 5) is 12.7. The van der Waals surface area contributed by atoms with Gasteiger partial charge in [0.05, 0.1) is 29.8 Å². The minimum Gasteiger partial charge on any atom is -0.495 e. The number of carbonyl (C=O) groups is 1. The van der Waals surface area contributed by atoms with Gasteiger partial charge in [-0.3, -0.25) is 9.10 Å². The quantitative estimate of drug-likeness (QED) is 0.558. The highest BCUT2D eigenvalue weighted by Crippen LogP contribution is 2.28. The molecule has 0 unspecified atom stereocenters. The summed E-state index contributed by atoms with van der Waals surface area (Å²) in [5.74, 6) is 0.269. The van der Waals surface area contributed by atoms with Gasteiger partial charge in [-0.15, -0.1) is 0 Å². The third kappa shape index (κ3) is 5.37. The van der Waals surface area contributed by atoms with E-state index in [0.29, 0.717) is 22.1 Å². The van der Waals surface area contributed by atoms with Crippen LogP contribution in [0.3, 0.4) is 0 Å². The number of hydrogen-bond donors (Lipinski definition) is 1. The number of benzene rings is 3. The molecule has 0 bridgehead atoms. The third-order valence-corrected chi connectivity index (χ3v) is 6.81. The summed E-state index contributed by atoms with van der Waals surface area (Å²) in [5, 5.41) is 3.27. The van der Waals surface area contributed by atoms with Crippen molar-refractivity contribution in [3.63, 3.8) is 0 Å². The van der Waals surface area contributed by atoms with Crippen LogP contribution in [-0.2, 0) is 21.2 Å². The lowest BCUT2D eigenvalue weighted by Gasteiger charge is -2.20. The lowest BCUT2D eigenvalue weighted by molar-refractivity contribution is -0.115. The minimum atomic E-state index is -3.67. The largest absolute Gasteiger partial charge is 0.495 e. The molecule has 3 rings (SSSR count). The van der Waals surface area contributed by atoms with Crippen LogP contribution >= 0.6 is 11.6 Å². The van der Waals surface area contributed by atoms with Gasteiger partial charge in [-0.25, -0.2) is 8.42 Å².